The SMILES string of the molecule is CC#CC(O)c1ccccc1.OCCCCl. The molecule has 1 atom stereocenters. The van der Waals surface area contributed by atoms with Crippen molar-refractivity contribution in [3.63, 3.8) is 0 Å². The predicted octanol–water partition coefficient (Wildman–Crippen LogP) is 2.35. The molecule has 0 aliphatic heterocycles. The molecule has 2 nitrogen and oxygen atoms in total. The number of benzene rings is 1. The van der Waals surface area contributed by atoms with Gasteiger partial charge in [-0.2, -0.15) is 0 Å². The van der Waals surface area contributed by atoms with E-state index in [1.54, 1.807) is 6.92 Å². The van der Waals surface area contributed by atoms with Crippen LogP contribution in [0.15, 0.2) is 30.3 Å². The Labute approximate surface area is 102 Å². The summed E-state index contributed by atoms with van der Waals surface area (Å²) in [5.74, 6) is 5.90. The third kappa shape index (κ3) is 7.30. The van der Waals surface area contributed by atoms with Gasteiger partial charge in [0.1, 0.15) is 6.10 Å². The number of halogens is 1. The van der Waals surface area contributed by atoms with Crippen molar-refractivity contribution in [2.24, 2.45) is 0 Å². The van der Waals surface area contributed by atoms with Gasteiger partial charge < -0.3 is 10.2 Å². The molecule has 0 saturated heterocycles. The Hall–Kier alpha value is -1.01. The Morgan fingerprint density at radius 3 is 2.31 bits per heavy atom. The van der Waals surface area contributed by atoms with Crippen molar-refractivity contribution >= 4 is 11.6 Å². The first-order valence-electron chi connectivity index (χ1n) is 5.08. The largest absolute Gasteiger partial charge is 0.396 e. The van der Waals surface area contributed by atoms with Crippen LogP contribution in [0.25, 0.3) is 0 Å². The molecule has 1 aromatic carbocycles. The van der Waals surface area contributed by atoms with Crippen molar-refractivity contribution in [1.29, 1.82) is 0 Å². The van der Waals surface area contributed by atoms with Crippen LogP contribution in [0, 0.1) is 11.8 Å². The maximum Gasteiger partial charge on any atom is 0.140 e. The van der Waals surface area contributed by atoms with Crippen LogP contribution in [0.4, 0.5) is 0 Å². The fourth-order valence-electron chi connectivity index (χ4n) is 0.915. The molecular weight excluding hydrogens is 224 g/mol. The summed E-state index contributed by atoms with van der Waals surface area (Å²) in [4.78, 5) is 0. The first kappa shape index (κ1) is 15.0. The van der Waals surface area contributed by atoms with Gasteiger partial charge in [0.2, 0.25) is 0 Å². The lowest BCUT2D eigenvalue weighted by Crippen LogP contribution is -1.91. The van der Waals surface area contributed by atoms with Crippen LogP contribution < -0.4 is 0 Å². The Morgan fingerprint density at radius 1 is 1.31 bits per heavy atom. The number of rotatable bonds is 3. The average Bonchev–Trinajstić information content (AvgIpc) is 2.32. The highest BCUT2D eigenvalue weighted by Gasteiger charge is 1.99. The number of hydrogen-bond donors (Lipinski definition) is 2. The van der Waals surface area contributed by atoms with Gasteiger partial charge in [-0.05, 0) is 18.9 Å². The second-order valence-electron chi connectivity index (χ2n) is 2.97. The van der Waals surface area contributed by atoms with Gasteiger partial charge in [-0.3, -0.25) is 0 Å². The average molecular weight is 241 g/mol. The van der Waals surface area contributed by atoms with Crippen molar-refractivity contribution in [2.75, 3.05) is 12.5 Å². The third-order valence-corrected chi connectivity index (χ3v) is 1.96. The van der Waals surface area contributed by atoms with E-state index in [9.17, 15) is 5.11 Å². The molecule has 1 aromatic rings. The lowest BCUT2D eigenvalue weighted by molar-refractivity contribution is 0.238. The molecule has 0 spiro atoms. The highest BCUT2D eigenvalue weighted by Crippen LogP contribution is 2.09. The molecule has 0 bridgehead atoms. The summed E-state index contributed by atoms with van der Waals surface area (Å²) >= 11 is 5.14. The maximum atomic E-state index is 9.35. The monoisotopic (exact) mass is 240 g/mol. The number of aliphatic hydroxyl groups is 2. The van der Waals surface area contributed by atoms with E-state index in [4.69, 9.17) is 16.7 Å². The fourth-order valence-corrected chi connectivity index (χ4v) is 1.03. The van der Waals surface area contributed by atoms with Crippen LogP contribution >= 0.6 is 11.6 Å². The highest BCUT2D eigenvalue weighted by atomic mass is 35.5. The van der Waals surface area contributed by atoms with Gasteiger partial charge in [-0.25, -0.2) is 0 Å². The second kappa shape index (κ2) is 10.5. The number of alkyl halides is 1. The van der Waals surface area contributed by atoms with Gasteiger partial charge in [-0.1, -0.05) is 36.3 Å². The molecule has 0 radical (unpaired) electrons. The molecule has 0 saturated carbocycles. The zero-order valence-corrected chi connectivity index (χ0v) is 10.1. The molecule has 16 heavy (non-hydrogen) atoms. The summed E-state index contributed by atoms with van der Waals surface area (Å²) in [5, 5.41) is 17.3. The van der Waals surface area contributed by atoms with Crippen molar-refractivity contribution in [3.05, 3.63) is 35.9 Å². The van der Waals surface area contributed by atoms with Crippen molar-refractivity contribution in [1.82, 2.24) is 0 Å². The summed E-state index contributed by atoms with van der Waals surface area (Å²) in [5.41, 5.74) is 0.849. The number of hydrogen-bond acceptors (Lipinski definition) is 2. The molecule has 0 aliphatic carbocycles. The van der Waals surface area contributed by atoms with E-state index >= 15 is 0 Å². The van der Waals surface area contributed by atoms with Crippen molar-refractivity contribution in [2.45, 2.75) is 19.4 Å². The van der Waals surface area contributed by atoms with Crippen LogP contribution in [-0.4, -0.2) is 22.7 Å². The third-order valence-electron chi connectivity index (χ3n) is 1.69. The van der Waals surface area contributed by atoms with Crippen LogP contribution in [0.5, 0.6) is 0 Å². The van der Waals surface area contributed by atoms with Gasteiger partial charge in [0.25, 0.3) is 0 Å². The maximum absolute atomic E-state index is 9.35. The van der Waals surface area contributed by atoms with Crippen LogP contribution in [0.2, 0.25) is 0 Å². The minimum Gasteiger partial charge on any atom is -0.396 e. The quantitative estimate of drug-likeness (QED) is 0.629. The fraction of sp³-hybridized carbons (Fsp3) is 0.385. The zero-order chi connectivity index (χ0) is 12.2. The summed E-state index contributed by atoms with van der Waals surface area (Å²) in [7, 11) is 0. The second-order valence-corrected chi connectivity index (χ2v) is 3.35. The molecule has 1 unspecified atom stereocenters. The molecule has 3 heteroatoms. The van der Waals surface area contributed by atoms with Gasteiger partial charge in [0, 0.05) is 12.5 Å². The number of aliphatic hydroxyl groups excluding tert-OH is 2. The van der Waals surface area contributed by atoms with Crippen molar-refractivity contribution < 1.29 is 10.2 Å². The van der Waals surface area contributed by atoms with E-state index in [1.807, 2.05) is 30.3 Å². The smallest absolute Gasteiger partial charge is 0.140 e. The summed E-state index contributed by atoms with van der Waals surface area (Å²) in [6, 6.07) is 9.39. The topological polar surface area (TPSA) is 40.5 Å². The Bertz CT molecular complexity index is 312. The molecule has 2 N–H and O–H groups in total. The Morgan fingerprint density at radius 2 is 1.94 bits per heavy atom. The van der Waals surface area contributed by atoms with Crippen LogP contribution in [0.3, 0.4) is 0 Å². The van der Waals surface area contributed by atoms with Crippen molar-refractivity contribution in [3.8, 4) is 11.8 Å². The molecule has 0 fully saturated rings. The highest BCUT2D eigenvalue weighted by molar-refractivity contribution is 6.17. The van der Waals surface area contributed by atoms with E-state index in [0.29, 0.717) is 12.3 Å². The van der Waals surface area contributed by atoms with Crippen LogP contribution in [-0.2, 0) is 0 Å². The molecule has 0 aromatic heterocycles. The van der Waals surface area contributed by atoms with Gasteiger partial charge in [-0.15, -0.1) is 17.5 Å². The van der Waals surface area contributed by atoms with Crippen LogP contribution in [0.1, 0.15) is 25.0 Å². The Kier molecular flexibility index (Phi) is 9.84. The molecule has 0 amide bonds. The first-order valence-corrected chi connectivity index (χ1v) is 5.61. The van der Waals surface area contributed by atoms with E-state index in [0.717, 1.165) is 5.56 Å². The van der Waals surface area contributed by atoms with Gasteiger partial charge >= 0.3 is 0 Å². The van der Waals surface area contributed by atoms with E-state index in [1.165, 1.54) is 0 Å². The molecular formula is C13H17ClO2. The molecule has 1 rings (SSSR count). The normalized spacial score (nSPS) is 10.5. The first-order chi connectivity index (χ1) is 7.76. The molecule has 0 aliphatic rings. The lowest BCUT2D eigenvalue weighted by atomic mass is 10.1. The Balaban J connectivity index is 0.000000385. The predicted molar refractivity (Wildman–Crippen MR) is 67.3 cm³/mol. The van der Waals surface area contributed by atoms with Gasteiger partial charge in [0.15, 0.2) is 0 Å². The van der Waals surface area contributed by atoms with E-state index in [2.05, 4.69) is 11.8 Å². The van der Waals surface area contributed by atoms with Gasteiger partial charge in [0.05, 0.1) is 0 Å². The van der Waals surface area contributed by atoms with E-state index < -0.39 is 6.10 Å². The standard InChI is InChI=1S/C10H10O.C3H7ClO/c1-2-6-10(11)9-7-4-3-5-8-9;4-2-1-3-5/h3-5,7-8,10-11H,1H3;5H,1-3H2. The summed E-state index contributed by atoms with van der Waals surface area (Å²) in [6.07, 6.45) is 0.0721. The zero-order valence-electron chi connectivity index (χ0n) is 9.36. The minimum absolute atomic E-state index is 0.212. The minimum atomic E-state index is -0.638. The molecule has 0 heterocycles. The molecule has 88 valence electrons. The summed E-state index contributed by atoms with van der Waals surface area (Å²) in [6.45, 7) is 1.93. The lowest BCUT2D eigenvalue weighted by Gasteiger charge is -2.00. The van der Waals surface area contributed by atoms with E-state index in [-0.39, 0.29) is 6.61 Å². The summed E-state index contributed by atoms with van der Waals surface area (Å²) < 4.78 is 0.